The van der Waals surface area contributed by atoms with Crippen LogP contribution in [-0.4, -0.2) is 5.84 Å². The lowest BCUT2D eigenvalue weighted by Crippen LogP contribution is -2.04. The minimum Gasteiger partial charge on any atom is -0.387 e. The van der Waals surface area contributed by atoms with Gasteiger partial charge in [0.1, 0.15) is 0 Å². The molecule has 0 spiro atoms. The number of nitrogens with zero attached hydrogens (tertiary/aromatic N) is 1. The summed E-state index contributed by atoms with van der Waals surface area (Å²) in [7, 11) is 0. The van der Waals surface area contributed by atoms with Gasteiger partial charge in [-0.1, -0.05) is 0 Å². The summed E-state index contributed by atoms with van der Waals surface area (Å²) < 4.78 is 0. The number of hydrogen-bond donors (Lipinski definition) is 2. The monoisotopic (exact) mass is 130 g/mol. The van der Waals surface area contributed by atoms with Crippen molar-refractivity contribution in [1.82, 2.24) is 0 Å². The van der Waals surface area contributed by atoms with E-state index in [0.29, 0.717) is 5.84 Å². The summed E-state index contributed by atoms with van der Waals surface area (Å²) in [4.78, 5) is 3.88. The fraction of sp³-hybridized carbons (Fsp3) is 0.400. The molecule has 0 aromatic carbocycles. The van der Waals surface area contributed by atoms with Gasteiger partial charge in [-0.25, -0.2) is 4.99 Å². The van der Waals surface area contributed by atoms with Crippen molar-refractivity contribution in [2.75, 3.05) is 0 Å². The second kappa shape index (κ2) is 3.55. The minimum atomic E-state index is 0.563. The van der Waals surface area contributed by atoms with Gasteiger partial charge in [-0.15, -0.1) is 12.6 Å². The first-order chi connectivity index (χ1) is 3.66. The highest BCUT2D eigenvalue weighted by atomic mass is 32.1. The number of thiol groups is 1. The van der Waals surface area contributed by atoms with Crippen LogP contribution < -0.4 is 5.73 Å². The molecule has 0 aromatic heterocycles. The minimum absolute atomic E-state index is 0.563. The molecule has 8 heavy (non-hydrogen) atoms. The molecule has 0 saturated heterocycles. The molecular weight excluding hydrogens is 120 g/mol. The first-order valence-electron chi connectivity index (χ1n) is 2.28. The number of nitrogens with two attached hydrogens (primary N) is 1. The van der Waals surface area contributed by atoms with E-state index >= 15 is 0 Å². The Morgan fingerprint density at radius 2 is 2.12 bits per heavy atom. The summed E-state index contributed by atoms with van der Waals surface area (Å²) >= 11 is 3.87. The summed E-state index contributed by atoms with van der Waals surface area (Å²) in [6.07, 6.45) is 0. The maximum absolute atomic E-state index is 5.24. The van der Waals surface area contributed by atoms with Gasteiger partial charge in [0.15, 0.2) is 0 Å². The van der Waals surface area contributed by atoms with Crippen LogP contribution in [0.5, 0.6) is 0 Å². The van der Waals surface area contributed by atoms with Crippen LogP contribution in [0.2, 0.25) is 0 Å². The topological polar surface area (TPSA) is 38.4 Å². The zero-order chi connectivity index (χ0) is 6.57. The molecule has 0 radical (unpaired) electrons. The zero-order valence-corrected chi connectivity index (χ0v) is 5.94. The predicted octanol–water partition coefficient (Wildman–Crippen LogP) is 1.15. The summed E-state index contributed by atoms with van der Waals surface area (Å²) in [5.74, 6) is 0.563. The van der Waals surface area contributed by atoms with Crippen LogP contribution in [0, 0.1) is 0 Å². The molecule has 0 rings (SSSR count). The molecule has 0 amide bonds. The van der Waals surface area contributed by atoms with Crippen LogP contribution in [0.4, 0.5) is 0 Å². The van der Waals surface area contributed by atoms with Crippen molar-refractivity contribution in [2.45, 2.75) is 13.8 Å². The normalized spacial score (nSPS) is 14.4. The van der Waals surface area contributed by atoms with Gasteiger partial charge in [0.2, 0.25) is 0 Å². The third-order valence-corrected chi connectivity index (χ3v) is 0.913. The van der Waals surface area contributed by atoms with Crippen LogP contribution in [0.3, 0.4) is 0 Å². The third-order valence-electron chi connectivity index (χ3n) is 0.540. The fourth-order valence-corrected chi connectivity index (χ4v) is 0.365. The largest absolute Gasteiger partial charge is 0.387 e. The molecule has 0 aromatic rings. The van der Waals surface area contributed by atoms with E-state index in [1.807, 2.05) is 6.92 Å². The van der Waals surface area contributed by atoms with E-state index < -0.39 is 0 Å². The molecule has 0 unspecified atom stereocenters. The fourth-order valence-electron chi connectivity index (χ4n) is 0.307. The average molecular weight is 130 g/mol. The SMILES string of the molecule is CC(N)=N/C(C)=C\S. The molecule has 0 atom stereocenters. The first kappa shape index (κ1) is 7.56. The first-order valence-corrected chi connectivity index (χ1v) is 2.80. The average Bonchev–Trinajstić information content (AvgIpc) is 1.65. The van der Waals surface area contributed by atoms with Gasteiger partial charge >= 0.3 is 0 Å². The van der Waals surface area contributed by atoms with Crippen molar-refractivity contribution in [3.05, 3.63) is 11.1 Å². The zero-order valence-electron chi connectivity index (χ0n) is 5.05. The highest BCUT2D eigenvalue weighted by molar-refractivity contribution is 7.83. The molecule has 2 N–H and O–H groups in total. The molecule has 0 saturated carbocycles. The lowest BCUT2D eigenvalue weighted by Gasteiger charge is -1.88. The number of aliphatic imine (C=N–C) groups is 1. The van der Waals surface area contributed by atoms with Crippen molar-refractivity contribution < 1.29 is 0 Å². The highest BCUT2D eigenvalue weighted by Gasteiger charge is 1.78. The molecule has 0 heterocycles. The van der Waals surface area contributed by atoms with E-state index in [1.165, 1.54) is 0 Å². The van der Waals surface area contributed by atoms with Crippen LogP contribution in [0.1, 0.15) is 13.8 Å². The van der Waals surface area contributed by atoms with Crippen LogP contribution >= 0.6 is 12.6 Å². The second-order valence-corrected chi connectivity index (χ2v) is 1.78. The van der Waals surface area contributed by atoms with E-state index in [0.717, 1.165) is 5.70 Å². The Morgan fingerprint density at radius 3 is 2.25 bits per heavy atom. The van der Waals surface area contributed by atoms with Crippen molar-refractivity contribution in [3.8, 4) is 0 Å². The molecule has 0 bridgehead atoms. The number of amidine groups is 1. The summed E-state index contributed by atoms with van der Waals surface area (Å²) in [5, 5.41) is 1.61. The lowest BCUT2D eigenvalue weighted by atomic mass is 10.6. The summed E-state index contributed by atoms with van der Waals surface area (Å²) in [5.41, 5.74) is 6.07. The van der Waals surface area contributed by atoms with E-state index in [9.17, 15) is 0 Å². The molecule has 46 valence electrons. The summed E-state index contributed by atoms with van der Waals surface area (Å²) in [6.45, 7) is 3.57. The third kappa shape index (κ3) is 3.74. The van der Waals surface area contributed by atoms with Crippen LogP contribution in [0.15, 0.2) is 16.1 Å². The molecular formula is C5H10N2S. The Kier molecular flexibility index (Phi) is 3.35. The Hall–Kier alpha value is -0.440. The lowest BCUT2D eigenvalue weighted by molar-refractivity contribution is 1.29. The molecule has 0 fully saturated rings. The van der Waals surface area contributed by atoms with Crippen molar-refractivity contribution >= 4 is 18.5 Å². The van der Waals surface area contributed by atoms with Gasteiger partial charge in [0.25, 0.3) is 0 Å². The van der Waals surface area contributed by atoms with Gasteiger partial charge in [0, 0.05) is 5.70 Å². The molecule has 2 nitrogen and oxygen atoms in total. The van der Waals surface area contributed by atoms with Gasteiger partial charge < -0.3 is 5.73 Å². The van der Waals surface area contributed by atoms with Crippen molar-refractivity contribution in [2.24, 2.45) is 10.7 Å². The molecule has 0 aliphatic heterocycles. The maximum atomic E-state index is 5.24. The van der Waals surface area contributed by atoms with E-state index in [-0.39, 0.29) is 0 Å². The predicted molar refractivity (Wildman–Crippen MR) is 40.0 cm³/mol. The van der Waals surface area contributed by atoms with E-state index in [2.05, 4.69) is 17.6 Å². The Morgan fingerprint density at radius 1 is 1.62 bits per heavy atom. The Labute approximate surface area is 54.9 Å². The van der Waals surface area contributed by atoms with Crippen LogP contribution in [0.25, 0.3) is 0 Å². The molecule has 0 aliphatic rings. The highest BCUT2D eigenvalue weighted by Crippen LogP contribution is 1.94. The van der Waals surface area contributed by atoms with Gasteiger partial charge in [-0.05, 0) is 19.3 Å². The number of allylic oxidation sites excluding steroid dienone is 1. The number of hydrogen-bond acceptors (Lipinski definition) is 2. The van der Waals surface area contributed by atoms with Gasteiger partial charge in [-0.3, -0.25) is 0 Å². The van der Waals surface area contributed by atoms with E-state index in [1.54, 1.807) is 12.3 Å². The quantitative estimate of drug-likeness (QED) is 0.312. The standard InChI is InChI=1S/C5H10N2S/c1-4(3-8)7-5(2)6/h3,8H,1-2H3,(H2,6,7)/b4-3-. The summed E-state index contributed by atoms with van der Waals surface area (Å²) in [6, 6.07) is 0. The molecule has 3 heteroatoms. The van der Waals surface area contributed by atoms with Crippen molar-refractivity contribution in [3.63, 3.8) is 0 Å². The maximum Gasteiger partial charge on any atom is 0.0960 e. The number of rotatable bonds is 1. The van der Waals surface area contributed by atoms with Crippen molar-refractivity contribution in [1.29, 1.82) is 0 Å². The van der Waals surface area contributed by atoms with Gasteiger partial charge in [0.05, 0.1) is 5.84 Å². The molecule has 0 aliphatic carbocycles. The van der Waals surface area contributed by atoms with E-state index in [4.69, 9.17) is 5.73 Å². The van der Waals surface area contributed by atoms with Crippen LogP contribution in [-0.2, 0) is 0 Å². The Bertz CT molecular complexity index is 122. The Balaban J connectivity index is 3.89. The smallest absolute Gasteiger partial charge is 0.0960 e. The van der Waals surface area contributed by atoms with Gasteiger partial charge in [-0.2, -0.15) is 0 Å². The second-order valence-electron chi connectivity index (χ2n) is 1.52.